The molecule has 24 heavy (non-hydrogen) atoms. The average Bonchev–Trinajstić information content (AvgIpc) is 3.14. The molecular weight excluding hydrogens is 306 g/mol. The van der Waals surface area contributed by atoms with Gasteiger partial charge >= 0.3 is 0 Å². The van der Waals surface area contributed by atoms with Crippen LogP contribution in [0.15, 0.2) is 36.5 Å². The second-order valence-electron chi connectivity index (χ2n) is 5.78. The minimum Gasteiger partial charge on any atom is -0.507 e. The summed E-state index contributed by atoms with van der Waals surface area (Å²) in [4.78, 5) is 18.9. The molecule has 2 aromatic rings. The van der Waals surface area contributed by atoms with Crippen molar-refractivity contribution in [2.45, 2.75) is 19.4 Å². The zero-order valence-electron chi connectivity index (χ0n) is 13.7. The van der Waals surface area contributed by atoms with Crippen LogP contribution in [-0.2, 0) is 6.54 Å². The van der Waals surface area contributed by atoms with Crippen LogP contribution in [0.25, 0.3) is 0 Å². The van der Waals surface area contributed by atoms with Crippen molar-refractivity contribution in [2.75, 3.05) is 25.1 Å². The van der Waals surface area contributed by atoms with Gasteiger partial charge in [-0.3, -0.25) is 4.79 Å². The molecule has 0 atom stereocenters. The van der Waals surface area contributed by atoms with Crippen molar-refractivity contribution in [1.29, 1.82) is 0 Å². The van der Waals surface area contributed by atoms with Crippen LogP contribution < -0.4 is 15.0 Å². The molecule has 3 rings (SSSR count). The highest BCUT2D eigenvalue weighted by Crippen LogP contribution is 2.23. The molecule has 1 aliphatic rings. The molecule has 0 bridgehead atoms. The van der Waals surface area contributed by atoms with Gasteiger partial charge in [0.1, 0.15) is 17.3 Å². The van der Waals surface area contributed by atoms with Crippen molar-refractivity contribution in [2.24, 2.45) is 0 Å². The van der Waals surface area contributed by atoms with Crippen LogP contribution in [0.4, 0.5) is 5.82 Å². The molecule has 0 spiro atoms. The van der Waals surface area contributed by atoms with E-state index in [4.69, 9.17) is 4.74 Å². The van der Waals surface area contributed by atoms with Crippen LogP contribution in [0.1, 0.15) is 28.8 Å². The smallest absolute Gasteiger partial charge is 0.255 e. The number of phenolic OH excluding ortho intramolecular Hbond substituents is 1. The number of nitrogens with one attached hydrogen (secondary N) is 1. The summed E-state index contributed by atoms with van der Waals surface area (Å²) in [6.07, 6.45) is 4.15. The lowest BCUT2D eigenvalue weighted by atomic mass is 10.1. The number of pyridine rings is 1. The van der Waals surface area contributed by atoms with Crippen LogP contribution in [0.5, 0.6) is 11.5 Å². The van der Waals surface area contributed by atoms with Crippen molar-refractivity contribution in [1.82, 2.24) is 10.3 Å². The Balaban J connectivity index is 1.65. The van der Waals surface area contributed by atoms with E-state index in [9.17, 15) is 9.90 Å². The zero-order valence-corrected chi connectivity index (χ0v) is 13.7. The molecule has 2 heterocycles. The molecule has 0 radical (unpaired) electrons. The predicted octanol–water partition coefficient (Wildman–Crippen LogP) is 2.33. The lowest BCUT2D eigenvalue weighted by Gasteiger charge is -2.17. The molecule has 1 amide bonds. The highest BCUT2D eigenvalue weighted by molar-refractivity contribution is 5.96. The van der Waals surface area contributed by atoms with E-state index in [0.29, 0.717) is 12.3 Å². The van der Waals surface area contributed by atoms with Gasteiger partial charge < -0.3 is 20.1 Å². The Morgan fingerprint density at radius 1 is 1.29 bits per heavy atom. The number of hydrogen-bond acceptors (Lipinski definition) is 5. The minimum atomic E-state index is -0.324. The molecule has 1 aliphatic heterocycles. The molecule has 1 saturated heterocycles. The van der Waals surface area contributed by atoms with E-state index in [2.05, 4.69) is 15.2 Å². The molecular formula is C18H21N3O3. The molecule has 0 aliphatic carbocycles. The second kappa shape index (κ2) is 7.21. The standard InChI is InChI=1S/C18H21N3O3/c1-24-14-4-5-15(16(22)11-14)18(23)20-12-13-6-7-19-17(10-13)21-8-2-3-9-21/h4-7,10-11,22H,2-3,8-9,12H2,1H3,(H,20,23). The summed E-state index contributed by atoms with van der Waals surface area (Å²) in [5, 5.41) is 12.7. The third kappa shape index (κ3) is 3.59. The summed E-state index contributed by atoms with van der Waals surface area (Å²) >= 11 is 0. The van der Waals surface area contributed by atoms with Gasteiger partial charge in [-0.15, -0.1) is 0 Å². The number of nitrogens with zero attached hydrogens (tertiary/aromatic N) is 2. The monoisotopic (exact) mass is 327 g/mol. The first-order valence-corrected chi connectivity index (χ1v) is 8.02. The predicted molar refractivity (Wildman–Crippen MR) is 91.5 cm³/mol. The Morgan fingerprint density at radius 2 is 2.08 bits per heavy atom. The second-order valence-corrected chi connectivity index (χ2v) is 5.78. The summed E-state index contributed by atoms with van der Waals surface area (Å²) in [5.41, 5.74) is 1.21. The maximum Gasteiger partial charge on any atom is 0.255 e. The lowest BCUT2D eigenvalue weighted by Crippen LogP contribution is -2.23. The summed E-state index contributed by atoms with van der Waals surface area (Å²) in [5.74, 6) is 1.04. The Kier molecular flexibility index (Phi) is 4.84. The largest absolute Gasteiger partial charge is 0.507 e. The van der Waals surface area contributed by atoms with E-state index < -0.39 is 0 Å². The summed E-state index contributed by atoms with van der Waals surface area (Å²) in [7, 11) is 1.51. The van der Waals surface area contributed by atoms with E-state index in [1.54, 1.807) is 18.3 Å². The van der Waals surface area contributed by atoms with E-state index in [-0.39, 0.29) is 17.2 Å². The number of anilines is 1. The van der Waals surface area contributed by atoms with E-state index in [0.717, 1.165) is 24.5 Å². The van der Waals surface area contributed by atoms with Crippen LogP contribution in [-0.4, -0.2) is 36.2 Å². The Morgan fingerprint density at radius 3 is 2.79 bits per heavy atom. The van der Waals surface area contributed by atoms with Crippen LogP contribution in [0.2, 0.25) is 0 Å². The van der Waals surface area contributed by atoms with E-state index in [1.165, 1.54) is 26.0 Å². The number of rotatable bonds is 5. The van der Waals surface area contributed by atoms with Crippen molar-refractivity contribution in [3.05, 3.63) is 47.7 Å². The molecule has 1 aromatic heterocycles. The molecule has 6 heteroatoms. The van der Waals surface area contributed by atoms with Crippen molar-refractivity contribution in [3.8, 4) is 11.5 Å². The van der Waals surface area contributed by atoms with Crippen LogP contribution in [0.3, 0.4) is 0 Å². The number of phenols is 1. The molecule has 1 aromatic carbocycles. The minimum absolute atomic E-state index is 0.0978. The number of amides is 1. The van der Waals surface area contributed by atoms with Gasteiger partial charge in [-0.1, -0.05) is 0 Å². The quantitative estimate of drug-likeness (QED) is 0.881. The zero-order chi connectivity index (χ0) is 16.9. The highest BCUT2D eigenvalue weighted by Gasteiger charge is 2.15. The van der Waals surface area contributed by atoms with Crippen molar-refractivity contribution in [3.63, 3.8) is 0 Å². The molecule has 126 valence electrons. The SMILES string of the molecule is COc1ccc(C(=O)NCc2ccnc(N3CCCC3)c2)c(O)c1. The van der Waals surface area contributed by atoms with Gasteiger partial charge in [0.05, 0.1) is 12.7 Å². The van der Waals surface area contributed by atoms with Crippen molar-refractivity contribution < 1.29 is 14.6 Å². The normalized spacial score (nSPS) is 13.8. The van der Waals surface area contributed by atoms with Gasteiger partial charge in [0, 0.05) is 31.9 Å². The number of aromatic hydroxyl groups is 1. The van der Waals surface area contributed by atoms with Crippen LogP contribution >= 0.6 is 0 Å². The van der Waals surface area contributed by atoms with Gasteiger partial charge in [-0.05, 0) is 42.7 Å². The first-order chi connectivity index (χ1) is 11.7. The number of methoxy groups -OCH3 is 1. The first-order valence-electron chi connectivity index (χ1n) is 8.02. The topological polar surface area (TPSA) is 74.7 Å². The number of aromatic nitrogens is 1. The maximum absolute atomic E-state index is 12.2. The molecule has 6 nitrogen and oxygen atoms in total. The van der Waals surface area contributed by atoms with Crippen molar-refractivity contribution >= 4 is 11.7 Å². The van der Waals surface area contributed by atoms with Gasteiger partial charge in [-0.2, -0.15) is 0 Å². The third-order valence-corrected chi connectivity index (χ3v) is 4.14. The summed E-state index contributed by atoms with van der Waals surface area (Å²) in [6.45, 7) is 2.44. The fourth-order valence-corrected chi connectivity index (χ4v) is 2.80. The fourth-order valence-electron chi connectivity index (χ4n) is 2.80. The number of carbonyl (C=O) groups is 1. The maximum atomic E-state index is 12.2. The Labute approximate surface area is 141 Å². The molecule has 0 unspecified atom stereocenters. The lowest BCUT2D eigenvalue weighted by molar-refractivity contribution is 0.0948. The Bertz CT molecular complexity index is 727. The Hall–Kier alpha value is -2.76. The van der Waals surface area contributed by atoms with Gasteiger partial charge in [0.2, 0.25) is 0 Å². The number of hydrogen-bond donors (Lipinski definition) is 2. The van der Waals surface area contributed by atoms with Gasteiger partial charge in [-0.25, -0.2) is 4.98 Å². The average molecular weight is 327 g/mol. The summed E-state index contributed by atoms with van der Waals surface area (Å²) < 4.78 is 5.02. The van der Waals surface area contributed by atoms with Gasteiger partial charge in [0.15, 0.2) is 0 Å². The molecule has 0 saturated carbocycles. The van der Waals surface area contributed by atoms with E-state index in [1.807, 2.05) is 12.1 Å². The first kappa shape index (κ1) is 16.1. The third-order valence-electron chi connectivity index (χ3n) is 4.14. The number of carbonyl (C=O) groups excluding carboxylic acids is 1. The van der Waals surface area contributed by atoms with Gasteiger partial charge in [0.25, 0.3) is 5.91 Å². The number of ether oxygens (including phenoxy) is 1. The number of benzene rings is 1. The fraction of sp³-hybridized carbons (Fsp3) is 0.333. The molecule has 2 N–H and O–H groups in total. The van der Waals surface area contributed by atoms with E-state index >= 15 is 0 Å². The molecule has 1 fully saturated rings. The van der Waals surface area contributed by atoms with Crippen LogP contribution in [0, 0.1) is 0 Å². The summed E-state index contributed by atoms with van der Waals surface area (Å²) in [6, 6.07) is 8.50. The highest BCUT2D eigenvalue weighted by atomic mass is 16.5.